The second kappa shape index (κ2) is 3.69. The number of benzene rings is 1. The second-order valence-corrected chi connectivity index (χ2v) is 3.61. The Labute approximate surface area is 83.8 Å². The van der Waals surface area contributed by atoms with Crippen LogP contribution >= 0.6 is 0 Å². The van der Waals surface area contributed by atoms with Gasteiger partial charge in [0, 0.05) is 5.54 Å². The van der Waals surface area contributed by atoms with E-state index in [0.29, 0.717) is 0 Å². The number of nitrogens with two attached hydrogens (primary N) is 1. The Morgan fingerprint density at radius 2 is 2.21 bits per heavy atom. The predicted octanol–water partition coefficient (Wildman–Crippen LogP) is 1.85. The van der Waals surface area contributed by atoms with Gasteiger partial charge >= 0.3 is 0 Å². The van der Waals surface area contributed by atoms with E-state index in [9.17, 15) is 5.11 Å². The van der Waals surface area contributed by atoms with E-state index < -0.39 is 5.54 Å². The van der Waals surface area contributed by atoms with Gasteiger partial charge in [0.2, 0.25) is 0 Å². The summed E-state index contributed by atoms with van der Waals surface area (Å²) in [6.45, 7) is 3.89. The van der Waals surface area contributed by atoms with Crippen molar-refractivity contribution in [3.63, 3.8) is 0 Å². The number of phenols is 1. The lowest BCUT2D eigenvalue weighted by Crippen LogP contribution is -2.31. The molecule has 74 valence electrons. The molecule has 0 fully saturated rings. The normalized spacial score (nSPS) is 14.4. The van der Waals surface area contributed by atoms with E-state index in [1.165, 1.54) is 6.07 Å². The van der Waals surface area contributed by atoms with E-state index in [-0.39, 0.29) is 11.3 Å². The van der Waals surface area contributed by atoms with E-state index in [0.717, 1.165) is 12.0 Å². The SMILES string of the molecule is CCC(C)(N)c1ccc(O)c(C#N)c1. The number of nitriles is 1. The third-order valence-electron chi connectivity index (χ3n) is 2.51. The van der Waals surface area contributed by atoms with Crippen molar-refractivity contribution in [2.24, 2.45) is 5.73 Å². The third-order valence-corrected chi connectivity index (χ3v) is 2.51. The number of hydrogen-bond donors (Lipinski definition) is 2. The van der Waals surface area contributed by atoms with Crippen molar-refractivity contribution in [3.8, 4) is 11.8 Å². The summed E-state index contributed by atoms with van der Waals surface area (Å²) in [5.41, 5.74) is 6.72. The minimum atomic E-state index is -0.445. The van der Waals surface area contributed by atoms with Crippen LogP contribution in [-0.2, 0) is 5.54 Å². The Kier molecular flexibility index (Phi) is 2.78. The molecule has 14 heavy (non-hydrogen) atoms. The molecule has 0 amide bonds. The molecule has 0 radical (unpaired) electrons. The summed E-state index contributed by atoms with van der Waals surface area (Å²) in [5.74, 6) is 0.00292. The van der Waals surface area contributed by atoms with Crippen LogP contribution in [0.15, 0.2) is 18.2 Å². The molecule has 0 aliphatic carbocycles. The number of hydrogen-bond acceptors (Lipinski definition) is 3. The first-order valence-electron chi connectivity index (χ1n) is 4.53. The van der Waals surface area contributed by atoms with Gasteiger partial charge in [-0.25, -0.2) is 0 Å². The monoisotopic (exact) mass is 190 g/mol. The average Bonchev–Trinajstić information content (AvgIpc) is 2.18. The topological polar surface area (TPSA) is 70.0 Å². The van der Waals surface area contributed by atoms with Crippen molar-refractivity contribution in [2.75, 3.05) is 0 Å². The maximum Gasteiger partial charge on any atom is 0.133 e. The van der Waals surface area contributed by atoms with Gasteiger partial charge in [-0.1, -0.05) is 13.0 Å². The summed E-state index contributed by atoms with van der Waals surface area (Å²) in [4.78, 5) is 0. The fourth-order valence-corrected chi connectivity index (χ4v) is 1.18. The largest absolute Gasteiger partial charge is 0.507 e. The standard InChI is InChI=1S/C11H14N2O/c1-3-11(2,13)9-4-5-10(14)8(6-9)7-12/h4-6,14H,3,13H2,1-2H3. The second-order valence-electron chi connectivity index (χ2n) is 3.61. The number of phenolic OH excluding ortho intramolecular Hbond substituents is 1. The Morgan fingerprint density at radius 1 is 1.57 bits per heavy atom. The summed E-state index contributed by atoms with van der Waals surface area (Å²) in [6.07, 6.45) is 0.780. The zero-order valence-corrected chi connectivity index (χ0v) is 8.41. The molecule has 1 unspecified atom stereocenters. The molecule has 1 aromatic rings. The molecule has 0 saturated carbocycles. The van der Waals surface area contributed by atoms with E-state index in [4.69, 9.17) is 11.0 Å². The third kappa shape index (κ3) is 1.86. The lowest BCUT2D eigenvalue weighted by molar-refractivity contribution is 0.463. The van der Waals surface area contributed by atoms with Crippen molar-refractivity contribution in [2.45, 2.75) is 25.8 Å². The molecule has 0 aliphatic heterocycles. The Hall–Kier alpha value is -1.53. The van der Waals surface area contributed by atoms with E-state index >= 15 is 0 Å². The fraction of sp³-hybridized carbons (Fsp3) is 0.364. The zero-order chi connectivity index (χ0) is 10.8. The lowest BCUT2D eigenvalue weighted by Gasteiger charge is -2.23. The predicted molar refractivity (Wildman–Crippen MR) is 54.7 cm³/mol. The van der Waals surface area contributed by atoms with E-state index in [1.807, 2.05) is 19.9 Å². The molecule has 3 heteroatoms. The highest BCUT2D eigenvalue weighted by molar-refractivity contribution is 5.45. The van der Waals surface area contributed by atoms with Gasteiger partial charge < -0.3 is 10.8 Å². The summed E-state index contributed by atoms with van der Waals surface area (Å²) >= 11 is 0. The van der Waals surface area contributed by atoms with Gasteiger partial charge in [-0.15, -0.1) is 0 Å². The summed E-state index contributed by atoms with van der Waals surface area (Å²) < 4.78 is 0. The first kappa shape index (κ1) is 10.6. The highest BCUT2D eigenvalue weighted by Gasteiger charge is 2.19. The van der Waals surface area contributed by atoms with Crippen molar-refractivity contribution < 1.29 is 5.11 Å². The van der Waals surface area contributed by atoms with Crippen LogP contribution in [0.5, 0.6) is 5.75 Å². The Balaban J connectivity index is 3.21. The molecule has 3 nitrogen and oxygen atoms in total. The van der Waals surface area contributed by atoms with E-state index in [2.05, 4.69) is 0 Å². The van der Waals surface area contributed by atoms with Gasteiger partial charge in [0.25, 0.3) is 0 Å². The summed E-state index contributed by atoms with van der Waals surface area (Å²) in [6, 6.07) is 6.82. The van der Waals surface area contributed by atoms with Crippen LogP contribution in [0.2, 0.25) is 0 Å². The minimum Gasteiger partial charge on any atom is -0.507 e. The van der Waals surface area contributed by atoms with Gasteiger partial charge in [0.15, 0.2) is 0 Å². The maximum absolute atomic E-state index is 9.31. The Bertz CT molecular complexity index is 377. The summed E-state index contributed by atoms with van der Waals surface area (Å²) in [7, 11) is 0. The molecule has 0 saturated heterocycles. The van der Waals surface area contributed by atoms with Crippen molar-refractivity contribution in [1.82, 2.24) is 0 Å². The smallest absolute Gasteiger partial charge is 0.133 e. The quantitative estimate of drug-likeness (QED) is 0.747. The van der Waals surface area contributed by atoms with Crippen LogP contribution < -0.4 is 5.73 Å². The first-order chi connectivity index (χ1) is 6.51. The highest BCUT2D eigenvalue weighted by Crippen LogP contribution is 2.25. The van der Waals surface area contributed by atoms with Gasteiger partial charge in [0.05, 0.1) is 5.56 Å². The van der Waals surface area contributed by atoms with Crippen molar-refractivity contribution in [3.05, 3.63) is 29.3 Å². The Morgan fingerprint density at radius 3 is 2.71 bits per heavy atom. The lowest BCUT2D eigenvalue weighted by atomic mass is 9.89. The van der Waals surface area contributed by atoms with E-state index in [1.54, 1.807) is 12.1 Å². The molecule has 0 aliphatic rings. The van der Waals surface area contributed by atoms with Crippen LogP contribution in [0.3, 0.4) is 0 Å². The first-order valence-corrected chi connectivity index (χ1v) is 4.53. The molecule has 0 aromatic heterocycles. The number of aromatic hydroxyl groups is 1. The number of rotatable bonds is 2. The zero-order valence-electron chi connectivity index (χ0n) is 8.41. The van der Waals surface area contributed by atoms with Gasteiger partial charge in [0.1, 0.15) is 11.8 Å². The number of nitrogens with zero attached hydrogens (tertiary/aromatic N) is 1. The van der Waals surface area contributed by atoms with Crippen LogP contribution in [0.25, 0.3) is 0 Å². The molecular weight excluding hydrogens is 176 g/mol. The molecule has 0 spiro atoms. The van der Waals surface area contributed by atoms with Gasteiger partial charge in [-0.2, -0.15) is 5.26 Å². The molecule has 0 bridgehead atoms. The molecule has 1 atom stereocenters. The van der Waals surface area contributed by atoms with Gasteiger partial charge in [-0.3, -0.25) is 0 Å². The molecule has 0 heterocycles. The van der Waals surface area contributed by atoms with Crippen LogP contribution in [0.1, 0.15) is 31.4 Å². The van der Waals surface area contributed by atoms with Crippen LogP contribution in [0.4, 0.5) is 0 Å². The van der Waals surface area contributed by atoms with Crippen molar-refractivity contribution in [1.29, 1.82) is 5.26 Å². The fourth-order valence-electron chi connectivity index (χ4n) is 1.18. The molecule has 1 rings (SSSR count). The maximum atomic E-state index is 9.31. The molecule has 3 N–H and O–H groups in total. The molecule has 1 aromatic carbocycles. The highest BCUT2D eigenvalue weighted by atomic mass is 16.3. The minimum absolute atomic E-state index is 0.00292. The van der Waals surface area contributed by atoms with Crippen molar-refractivity contribution >= 4 is 0 Å². The summed E-state index contributed by atoms with van der Waals surface area (Å²) in [5, 5.41) is 18.0. The average molecular weight is 190 g/mol. The van der Waals surface area contributed by atoms with Gasteiger partial charge in [-0.05, 0) is 31.0 Å². The molecular formula is C11H14N2O. The van der Waals surface area contributed by atoms with Crippen LogP contribution in [0, 0.1) is 11.3 Å². The van der Waals surface area contributed by atoms with Crippen LogP contribution in [-0.4, -0.2) is 5.11 Å².